The molecule has 4 nitrogen and oxygen atoms in total. The first-order valence-corrected chi connectivity index (χ1v) is 8.97. The number of hydrogen-bond acceptors (Lipinski definition) is 3. The fourth-order valence-electron chi connectivity index (χ4n) is 2.72. The maximum atomic E-state index is 12.5. The highest BCUT2D eigenvalue weighted by molar-refractivity contribution is 5.95. The summed E-state index contributed by atoms with van der Waals surface area (Å²) in [6.45, 7) is 12.8. The summed E-state index contributed by atoms with van der Waals surface area (Å²) in [7, 11) is 0. The van der Waals surface area contributed by atoms with Crippen LogP contribution in [0.3, 0.4) is 0 Å². The number of carbonyl (C=O) groups excluding carboxylic acids is 1. The molecule has 1 amide bonds. The molecule has 0 aliphatic rings. The molecule has 0 aromatic heterocycles. The third-order valence-corrected chi connectivity index (χ3v) is 3.70. The van der Waals surface area contributed by atoms with Crippen molar-refractivity contribution in [1.29, 1.82) is 0 Å². The molecule has 2 aromatic carbocycles. The zero-order valence-corrected chi connectivity index (χ0v) is 16.6. The lowest BCUT2D eigenvalue weighted by Crippen LogP contribution is -2.40. The Balaban J connectivity index is 2.23. The maximum absolute atomic E-state index is 12.5. The minimum Gasteiger partial charge on any atom is -0.493 e. The molecule has 0 radical (unpaired) electrons. The van der Waals surface area contributed by atoms with Gasteiger partial charge in [-0.2, -0.15) is 0 Å². The number of rotatable bonds is 6. The molecule has 26 heavy (non-hydrogen) atoms. The summed E-state index contributed by atoms with van der Waals surface area (Å²) in [6, 6.07) is 11.6. The van der Waals surface area contributed by atoms with Crippen LogP contribution in [0.25, 0.3) is 0 Å². The number of carbonyl (C=O) groups is 1. The van der Waals surface area contributed by atoms with Gasteiger partial charge in [0.2, 0.25) is 0 Å². The van der Waals surface area contributed by atoms with Gasteiger partial charge in [0.15, 0.2) is 0 Å². The molecule has 1 N–H and O–H groups in total. The summed E-state index contributed by atoms with van der Waals surface area (Å²) in [4.78, 5) is 12.5. The zero-order chi connectivity index (χ0) is 19.3. The van der Waals surface area contributed by atoms with Crippen LogP contribution in [0.1, 0.15) is 54.7 Å². The van der Waals surface area contributed by atoms with E-state index < -0.39 is 0 Å². The molecule has 4 heteroatoms. The van der Waals surface area contributed by atoms with Crippen LogP contribution in [0, 0.1) is 13.8 Å². The number of aryl methyl sites for hydroxylation is 2. The van der Waals surface area contributed by atoms with Gasteiger partial charge < -0.3 is 14.8 Å². The van der Waals surface area contributed by atoms with E-state index in [2.05, 4.69) is 11.4 Å². The Morgan fingerprint density at radius 2 is 1.65 bits per heavy atom. The summed E-state index contributed by atoms with van der Waals surface area (Å²) in [6.07, 6.45) is 0. The molecule has 0 unspecified atom stereocenters. The monoisotopic (exact) mass is 355 g/mol. The molecule has 2 rings (SSSR count). The standard InChI is InChI=1S/C22H29NO3/c1-7-25-20-9-8-17(21(24)23-22(4,5)6)13-18(20)14-26-19-11-15(2)10-16(3)12-19/h8-13H,7,14H2,1-6H3,(H,23,24). The molecule has 0 atom stereocenters. The van der Waals surface area contributed by atoms with E-state index in [4.69, 9.17) is 9.47 Å². The van der Waals surface area contributed by atoms with Crippen LogP contribution in [0.4, 0.5) is 0 Å². The average Bonchev–Trinajstić information content (AvgIpc) is 2.51. The summed E-state index contributed by atoms with van der Waals surface area (Å²) < 4.78 is 11.7. The van der Waals surface area contributed by atoms with Crippen molar-refractivity contribution >= 4 is 5.91 Å². The maximum Gasteiger partial charge on any atom is 0.251 e. The molecular formula is C22H29NO3. The van der Waals surface area contributed by atoms with Gasteiger partial charge in [0.25, 0.3) is 5.91 Å². The smallest absolute Gasteiger partial charge is 0.251 e. The summed E-state index contributed by atoms with van der Waals surface area (Å²) in [5.74, 6) is 1.45. The van der Waals surface area contributed by atoms with Crippen LogP contribution < -0.4 is 14.8 Å². The Bertz CT molecular complexity index is 755. The van der Waals surface area contributed by atoms with E-state index in [1.165, 1.54) is 0 Å². The molecule has 0 aliphatic carbocycles. The van der Waals surface area contributed by atoms with Crippen molar-refractivity contribution in [3.63, 3.8) is 0 Å². The van der Waals surface area contributed by atoms with Crippen molar-refractivity contribution in [3.8, 4) is 11.5 Å². The Kier molecular flexibility index (Phi) is 6.30. The number of nitrogens with one attached hydrogen (secondary N) is 1. The molecule has 140 valence electrons. The molecule has 0 heterocycles. The SMILES string of the molecule is CCOc1ccc(C(=O)NC(C)(C)C)cc1COc1cc(C)cc(C)c1. The summed E-state index contributed by atoms with van der Waals surface area (Å²) in [5.41, 5.74) is 3.48. The molecule has 0 saturated carbocycles. The van der Waals surface area contributed by atoms with Crippen molar-refractivity contribution < 1.29 is 14.3 Å². The predicted octanol–water partition coefficient (Wildman–Crippen LogP) is 4.81. The molecule has 2 aromatic rings. The van der Waals surface area contributed by atoms with Crippen molar-refractivity contribution in [3.05, 3.63) is 58.7 Å². The van der Waals surface area contributed by atoms with E-state index in [9.17, 15) is 4.79 Å². The molecule has 0 spiro atoms. The molecule has 0 aliphatic heterocycles. The minimum absolute atomic E-state index is 0.104. The molecule has 0 fully saturated rings. The first kappa shape index (κ1) is 19.8. The van der Waals surface area contributed by atoms with Crippen molar-refractivity contribution in [2.75, 3.05) is 6.61 Å². The van der Waals surface area contributed by atoms with E-state index in [-0.39, 0.29) is 11.4 Å². The Labute approximate surface area is 156 Å². The summed E-state index contributed by atoms with van der Waals surface area (Å²) >= 11 is 0. The Morgan fingerprint density at radius 3 is 2.23 bits per heavy atom. The number of benzene rings is 2. The molecular weight excluding hydrogens is 326 g/mol. The lowest BCUT2D eigenvalue weighted by atomic mass is 10.1. The largest absolute Gasteiger partial charge is 0.493 e. The fourth-order valence-corrected chi connectivity index (χ4v) is 2.72. The lowest BCUT2D eigenvalue weighted by Gasteiger charge is -2.21. The number of amides is 1. The van der Waals surface area contributed by atoms with Crippen molar-refractivity contribution in [1.82, 2.24) is 5.32 Å². The topological polar surface area (TPSA) is 47.6 Å². The number of hydrogen-bond donors (Lipinski definition) is 1. The molecule has 0 bridgehead atoms. The first-order valence-electron chi connectivity index (χ1n) is 8.97. The quantitative estimate of drug-likeness (QED) is 0.809. The van der Waals surface area contributed by atoms with E-state index in [0.717, 1.165) is 28.2 Å². The zero-order valence-electron chi connectivity index (χ0n) is 16.6. The van der Waals surface area contributed by atoms with Gasteiger partial charge in [-0.25, -0.2) is 0 Å². The second-order valence-electron chi connectivity index (χ2n) is 7.57. The normalized spacial score (nSPS) is 11.2. The lowest BCUT2D eigenvalue weighted by molar-refractivity contribution is 0.0919. The highest BCUT2D eigenvalue weighted by Gasteiger charge is 2.17. The van der Waals surface area contributed by atoms with Gasteiger partial charge in [-0.05, 0) is 83.0 Å². The second kappa shape index (κ2) is 8.26. The van der Waals surface area contributed by atoms with E-state index >= 15 is 0 Å². The molecule has 0 saturated heterocycles. The Morgan fingerprint density at radius 1 is 1.00 bits per heavy atom. The van der Waals surface area contributed by atoms with Gasteiger partial charge in [-0.15, -0.1) is 0 Å². The third kappa shape index (κ3) is 5.80. The third-order valence-electron chi connectivity index (χ3n) is 3.70. The van der Waals surface area contributed by atoms with Gasteiger partial charge in [0.1, 0.15) is 18.1 Å². The Hall–Kier alpha value is -2.49. The van der Waals surface area contributed by atoms with Crippen molar-refractivity contribution in [2.24, 2.45) is 0 Å². The highest BCUT2D eigenvalue weighted by atomic mass is 16.5. The van der Waals surface area contributed by atoms with Gasteiger partial charge in [-0.3, -0.25) is 4.79 Å². The fraction of sp³-hybridized carbons (Fsp3) is 0.409. The van der Waals surface area contributed by atoms with Crippen LogP contribution in [-0.4, -0.2) is 18.1 Å². The van der Waals surface area contributed by atoms with Crippen LogP contribution in [0.2, 0.25) is 0 Å². The summed E-state index contributed by atoms with van der Waals surface area (Å²) in [5, 5.41) is 2.98. The van der Waals surface area contributed by atoms with Gasteiger partial charge in [-0.1, -0.05) is 6.07 Å². The van der Waals surface area contributed by atoms with Crippen molar-refractivity contribution in [2.45, 2.75) is 53.7 Å². The predicted molar refractivity (Wildman–Crippen MR) is 105 cm³/mol. The van der Waals surface area contributed by atoms with E-state index in [1.807, 2.05) is 65.8 Å². The van der Waals surface area contributed by atoms with Crippen LogP contribution in [-0.2, 0) is 6.61 Å². The van der Waals surface area contributed by atoms with E-state index in [1.54, 1.807) is 6.07 Å². The highest BCUT2D eigenvalue weighted by Crippen LogP contribution is 2.24. The number of ether oxygens (including phenoxy) is 2. The van der Waals surface area contributed by atoms with Crippen LogP contribution in [0.5, 0.6) is 11.5 Å². The van der Waals surface area contributed by atoms with E-state index in [0.29, 0.717) is 18.8 Å². The van der Waals surface area contributed by atoms with Gasteiger partial charge >= 0.3 is 0 Å². The minimum atomic E-state index is -0.286. The van der Waals surface area contributed by atoms with Crippen LogP contribution in [0.15, 0.2) is 36.4 Å². The average molecular weight is 355 g/mol. The first-order chi connectivity index (χ1) is 12.2. The van der Waals surface area contributed by atoms with Gasteiger partial charge in [0, 0.05) is 16.7 Å². The van der Waals surface area contributed by atoms with Gasteiger partial charge in [0.05, 0.1) is 6.61 Å². The second-order valence-corrected chi connectivity index (χ2v) is 7.57. The van der Waals surface area contributed by atoms with Crippen LogP contribution >= 0.6 is 0 Å².